The Labute approximate surface area is 181 Å². The number of rotatable bonds is 5. The van der Waals surface area contributed by atoms with Crippen LogP contribution in [-0.4, -0.2) is 52.9 Å². The summed E-state index contributed by atoms with van der Waals surface area (Å²) in [5.74, 6) is 3.57. The summed E-state index contributed by atoms with van der Waals surface area (Å²) in [5.41, 5.74) is 1.29. The molecular formula is C25H38N4O. The van der Waals surface area contributed by atoms with Gasteiger partial charge in [0.25, 0.3) is 0 Å². The molecule has 1 saturated carbocycles. The van der Waals surface area contributed by atoms with Crippen molar-refractivity contribution in [3.63, 3.8) is 0 Å². The van der Waals surface area contributed by atoms with Crippen molar-refractivity contribution in [1.29, 1.82) is 0 Å². The first-order valence-corrected chi connectivity index (χ1v) is 12.4. The number of nitrogens with zero attached hydrogens (tertiary/aromatic N) is 3. The van der Waals surface area contributed by atoms with Gasteiger partial charge in [0.1, 0.15) is 5.82 Å². The number of carbonyl (C=O) groups excluding carboxylic acids is 1. The maximum absolute atomic E-state index is 13.1. The first-order valence-electron chi connectivity index (χ1n) is 12.4. The van der Waals surface area contributed by atoms with Gasteiger partial charge in [-0.2, -0.15) is 0 Å². The molecular weight excluding hydrogens is 372 g/mol. The lowest BCUT2D eigenvalue weighted by Crippen LogP contribution is -2.65. The van der Waals surface area contributed by atoms with E-state index in [9.17, 15) is 4.79 Å². The molecule has 4 atom stereocenters. The fraction of sp³-hybridized carbons (Fsp3) is 0.760. The van der Waals surface area contributed by atoms with Crippen LogP contribution in [0.3, 0.4) is 0 Å². The number of hydrogen-bond donors (Lipinski definition) is 1. The fourth-order valence-electron chi connectivity index (χ4n) is 7.10. The number of amides is 1. The van der Waals surface area contributed by atoms with E-state index in [0.717, 1.165) is 44.2 Å². The van der Waals surface area contributed by atoms with Gasteiger partial charge in [0, 0.05) is 56.9 Å². The molecule has 1 amide bonds. The monoisotopic (exact) mass is 410 g/mol. The molecule has 5 heteroatoms. The van der Waals surface area contributed by atoms with Crippen LogP contribution in [0.2, 0.25) is 0 Å². The highest BCUT2D eigenvalue weighted by molar-refractivity contribution is 5.78. The summed E-state index contributed by atoms with van der Waals surface area (Å²) in [4.78, 5) is 22.7. The molecule has 2 bridgehead atoms. The van der Waals surface area contributed by atoms with E-state index in [2.05, 4.69) is 26.2 Å². The van der Waals surface area contributed by atoms with Gasteiger partial charge in [-0.25, -0.2) is 4.98 Å². The number of nitrogens with one attached hydrogen (secondary N) is 1. The Balaban J connectivity index is 1.36. The highest BCUT2D eigenvalue weighted by atomic mass is 16.2. The minimum absolute atomic E-state index is 0.458. The second kappa shape index (κ2) is 8.86. The van der Waals surface area contributed by atoms with Crippen molar-refractivity contribution in [2.45, 2.75) is 82.8 Å². The van der Waals surface area contributed by atoms with Gasteiger partial charge in [0.2, 0.25) is 5.91 Å². The minimum Gasteiger partial charge on any atom is -0.373 e. The number of piperidine rings is 3. The van der Waals surface area contributed by atoms with Crippen molar-refractivity contribution in [2.24, 2.45) is 17.8 Å². The summed E-state index contributed by atoms with van der Waals surface area (Å²) in [6.45, 7) is 3.22. The topological polar surface area (TPSA) is 48.5 Å². The Bertz CT molecular complexity index is 746. The number of hydrogen-bond acceptors (Lipinski definition) is 4. The molecule has 0 spiro atoms. The molecule has 3 aliphatic heterocycles. The quantitative estimate of drug-likeness (QED) is 0.786. The largest absolute Gasteiger partial charge is 0.373 e. The van der Waals surface area contributed by atoms with Crippen LogP contribution in [-0.2, 0) is 11.3 Å². The van der Waals surface area contributed by atoms with Crippen LogP contribution in [0.5, 0.6) is 0 Å². The van der Waals surface area contributed by atoms with E-state index >= 15 is 0 Å². The second-order valence-corrected chi connectivity index (χ2v) is 10.3. The molecule has 5 rings (SSSR count). The first kappa shape index (κ1) is 20.3. The van der Waals surface area contributed by atoms with Crippen molar-refractivity contribution in [3.8, 4) is 0 Å². The molecule has 3 saturated heterocycles. The molecule has 0 radical (unpaired) electrons. The Morgan fingerprint density at radius 3 is 2.77 bits per heavy atom. The van der Waals surface area contributed by atoms with Crippen LogP contribution in [0, 0.1) is 17.8 Å². The van der Waals surface area contributed by atoms with E-state index in [-0.39, 0.29) is 0 Å². The Morgan fingerprint density at radius 1 is 1.10 bits per heavy atom. The predicted octanol–water partition coefficient (Wildman–Crippen LogP) is 4.30. The smallest absolute Gasteiger partial charge is 0.223 e. The van der Waals surface area contributed by atoms with Gasteiger partial charge in [0.05, 0.1) is 0 Å². The average Bonchev–Trinajstić information content (AvgIpc) is 2.78. The number of fused-ring (bicyclic) bond motifs is 4. The number of likely N-dealkylation sites (tertiary alicyclic amines) is 1. The van der Waals surface area contributed by atoms with Gasteiger partial charge in [-0.05, 0) is 49.5 Å². The highest BCUT2D eigenvalue weighted by Gasteiger charge is 2.49. The SMILES string of the molecule is CNc1ncccc1CN1C[C@H]2C[C@@H](C1)[C@H](CC1CCCCC1)N1C(=O)CCC[C@@H]21. The van der Waals surface area contributed by atoms with E-state index < -0.39 is 0 Å². The van der Waals surface area contributed by atoms with Crippen molar-refractivity contribution in [3.05, 3.63) is 23.9 Å². The third kappa shape index (κ3) is 3.98. The zero-order chi connectivity index (χ0) is 20.5. The van der Waals surface area contributed by atoms with E-state index in [1.165, 1.54) is 56.9 Å². The molecule has 1 aromatic rings. The molecule has 1 N–H and O–H groups in total. The molecule has 4 aliphatic rings. The molecule has 1 aromatic heterocycles. The standard InChI is InChI=1S/C25H38N4O/c1-26-25-19(9-6-12-27-25)15-28-16-20-14-21(17-28)23(13-18-7-3-2-4-8-18)29-22(20)10-5-11-24(29)30/h6,9,12,18,20-23H,2-5,7-8,10-11,13-17H2,1H3,(H,26,27)/t20-,21+,22+,23+/m1/s1. The molecule has 1 aliphatic carbocycles. The zero-order valence-electron chi connectivity index (χ0n) is 18.6. The molecule has 5 nitrogen and oxygen atoms in total. The number of anilines is 1. The third-order valence-corrected chi connectivity index (χ3v) is 8.39. The van der Waals surface area contributed by atoms with E-state index in [4.69, 9.17) is 0 Å². The highest BCUT2D eigenvalue weighted by Crippen LogP contribution is 2.45. The number of pyridine rings is 1. The van der Waals surface area contributed by atoms with Gasteiger partial charge in [-0.3, -0.25) is 9.69 Å². The second-order valence-electron chi connectivity index (χ2n) is 10.3. The maximum atomic E-state index is 13.1. The van der Waals surface area contributed by atoms with E-state index in [1.54, 1.807) is 0 Å². The fourth-order valence-corrected chi connectivity index (χ4v) is 7.10. The summed E-state index contributed by atoms with van der Waals surface area (Å²) in [5, 5.41) is 3.26. The van der Waals surface area contributed by atoms with Crippen molar-refractivity contribution < 1.29 is 4.79 Å². The zero-order valence-corrected chi connectivity index (χ0v) is 18.6. The first-order chi connectivity index (χ1) is 14.7. The molecule has 4 fully saturated rings. The van der Waals surface area contributed by atoms with Crippen LogP contribution in [0.1, 0.15) is 69.8 Å². The van der Waals surface area contributed by atoms with Gasteiger partial charge < -0.3 is 10.2 Å². The van der Waals surface area contributed by atoms with Crippen LogP contribution < -0.4 is 5.32 Å². The van der Waals surface area contributed by atoms with Crippen LogP contribution >= 0.6 is 0 Å². The summed E-state index contributed by atoms with van der Waals surface area (Å²) >= 11 is 0. The lowest BCUT2D eigenvalue weighted by molar-refractivity contribution is -0.154. The van der Waals surface area contributed by atoms with Gasteiger partial charge in [-0.15, -0.1) is 0 Å². The summed E-state index contributed by atoms with van der Waals surface area (Å²) in [6, 6.07) is 5.22. The lowest BCUT2D eigenvalue weighted by Gasteiger charge is -2.57. The van der Waals surface area contributed by atoms with E-state index in [1.807, 2.05) is 19.3 Å². The van der Waals surface area contributed by atoms with Crippen molar-refractivity contribution >= 4 is 11.7 Å². The third-order valence-electron chi connectivity index (χ3n) is 8.39. The van der Waals surface area contributed by atoms with E-state index in [0.29, 0.717) is 29.8 Å². The maximum Gasteiger partial charge on any atom is 0.223 e. The van der Waals surface area contributed by atoms with Crippen LogP contribution in [0.15, 0.2) is 18.3 Å². The predicted molar refractivity (Wildman–Crippen MR) is 120 cm³/mol. The van der Waals surface area contributed by atoms with Gasteiger partial charge >= 0.3 is 0 Å². The number of carbonyl (C=O) groups is 1. The van der Waals surface area contributed by atoms with Crippen molar-refractivity contribution in [2.75, 3.05) is 25.5 Å². The van der Waals surface area contributed by atoms with Crippen LogP contribution in [0.25, 0.3) is 0 Å². The average molecular weight is 411 g/mol. The summed E-state index contributed by atoms with van der Waals surface area (Å²) < 4.78 is 0. The Hall–Kier alpha value is -1.62. The van der Waals surface area contributed by atoms with Crippen LogP contribution in [0.4, 0.5) is 5.82 Å². The molecule has 30 heavy (non-hydrogen) atoms. The molecule has 164 valence electrons. The normalized spacial score (nSPS) is 32.7. The Morgan fingerprint density at radius 2 is 1.93 bits per heavy atom. The Kier molecular flexibility index (Phi) is 5.99. The minimum atomic E-state index is 0.458. The lowest BCUT2D eigenvalue weighted by atomic mass is 9.69. The van der Waals surface area contributed by atoms with Gasteiger partial charge in [0.15, 0.2) is 0 Å². The molecule has 0 aromatic carbocycles. The molecule has 4 heterocycles. The van der Waals surface area contributed by atoms with Crippen molar-refractivity contribution in [1.82, 2.24) is 14.8 Å². The number of aromatic nitrogens is 1. The molecule has 0 unspecified atom stereocenters. The van der Waals surface area contributed by atoms with Gasteiger partial charge in [-0.1, -0.05) is 38.2 Å². The summed E-state index contributed by atoms with van der Waals surface area (Å²) in [6.07, 6.45) is 14.5. The summed E-state index contributed by atoms with van der Waals surface area (Å²) in [7, 11) is 1.96.